The van der Waals surface area contributed by atoms with Crippen LogP contribution in [0.25, 0.3) is 11.1 Å². The maximum atomic E-state index is 13.0. The van der Waals surface area contributed by atoms with Gasteiger partial charge < -0.3 is 9.47 Å². The van der Waals surface area contributed by atoms with Crippen LogP contribution in [0.5, 0.6) is 0 Å². The van der Waals surface area contributed by atoms with E-state index in [2.05, 4.69) is 69.3 Å². The molecule has 2 aliphatic heterocycles. The van der Waals surface area contributed by atoms with E-state index in [1.54, 1.807) is 6.20 Å². The molecule has 3 heterocycles. The van der Waals surface area contributed by atoms with Gasteiger partial charge in [0.15, 0.2) is 5.82 Å². The number of benzene rings is 2. The molecule has 3 atom stereocenters. The van der Waals surface area contributed by atoms with Gasteiger partial charge in [-0.3, -0.25) is 10.2 Å². The summed E-state index contributed by atoms with van der Waals surface area (Å²) in [6, 6.07) is 19.7. The highest BCUT2D eigenvalue weighted by Gasteiger charge is 2.33. The Kier molecular flexibility index (Phi) is 6.17. The molecule has 32 heavy (non-hydrogen) atoms. The predicted octanol–water partition coefficient (Wildman–Crippen LogP) is 3.45. The zero-order valence-electron chi connectivity index (χ0n) is 18.6. The standard InChI is InChI=1S/C26H31N5O/c1-30-15-13-27-26(30)25(32)22-8-5-14-31(17-22)18-23-16-28-29-24(23)21-11-9-20(10-12-21)19-6-3-2-4-7-19/h2-4,6-7,9-13,15,22-24,28-29H,5,8,14,16-18H2,1H3. The molecule has 0 bridgehead atoms. The topological polar surface area (TPSA) is 62.2 Å². The molecule has 0 amide bonds. The molecule has 0 spiro atoms. The largest absolute Gasteiger partial charge is 0.332 e. The molecule has 0 radical (unpaired) electrons. The van der Waals surface area contributed by atoms with Gasteiger partial charge >= 0.3 is 0 Å². The average Bonchev–Trinajstić information content (AvgIpc) is 3.48. The maximum absolute atomic E-state index is 13.0. The van der Waals surface area contributed by atoms with E-state index in [0.717, 1.165) is 39.0 Å². The van der Waals surface area contributed by atoms with Crippen molar-refractivity contribution in [3.63, 3.8) is 0 Å². The van der Waals surface area contributed by atoms with Crippen molar-refractivity contribution < 1.29 is 4.79 Å². The number of Topliss-reactive ketones (excluding diaryl/α,β-unsaturated/α-hetero) is 1. The number of nitrogens with zero attached hydrogens (tertiary/aromatic N) is 3. The van der Waals surface area contributed by atoms with E-state index in [4.69, 9.17) is 0 Å². The Labute approximate surface area is 189 Å². The first kappa shape index (κ1) is 21.1. The van der Waals surface area contributed by atoms with E-state index in [-0.39, 0.29) is 17.7 Å². The van der Waals surface area contributed by atoms with Crippen LogP contribution in [0.2, 0.25) is 0 Å². The van der Waals surface area contributed by atoms with Gasteiger partial charge in [-0.1, -0.05) is 54.6 Å². The molecule has 2 fully saturated rings. The van der Waals surface area contributed by atoms with Crippen LogP contribution in [-0.4, -0.2) is 46.4 Å². The molecule has 166 valence electrons. The van der Waals surface area contributed by atoms with E-state index in [1.165, 1.54) is 16.7 Å². The number of hydrazine groups is 1. The molecule has 1 aromatic heterocycles. The van der Waals surface area contributed by atoms with Crippen molar-refractivity contribution in [1.29, 1.82) is 0 Å². The lowest BCUT2D eigenvalue weighted by Crippen LogP contribution is -2.42. The van der Waals surface area contributed by atoms with Gasteiger partial charge in [0.25, 0.3) is 0 Å². The van der Waals surface area contributed by atoms with Gasteiger partial charge in [0.2, 0.25) is 5.78 Å². The summed E-state index contributed by atoms with van der Waals surface area (Å²) in [4.78, 5) is 19.7. The number of hydrogen-bond acceptors (Lipinski definition) is 5. The normalized spacial score (nSPS) is 24.0. The first-order chi connectivity index (χ1) is 15.7. The summed E-state index contributed by atoms with van der Waals surface area (Å²) in [5.41, 5.74) is 10.6. The minimum absolute atomic E-state index is 0.0378. The highest BCUT2D eigenvalue weighted by molar-refractivity contribution is 5.95. The number of aryl methyl sites for hydroxylation is 1. The number of piperidine rings is 1. The number of hydrogen-bond donors (Lipinski definition) is 2. The third kappa shape index (κ3) is 4.39. The first-order valence-electron chi connectivity index (χ1n) is 11.6. The lowest BCUT2D eigenvalue weighted by Gasteiger charge is -2.34. The summed E-state index contributed by atoms with van der Waals surface area (Å²) >= 11 is 0. The molecule has 6 heteroatoms. The molecule has 0 saturated carbocycles. The van der Waals surface area contributed by atoms with E-state index in [0.29, 0.717) is 11.7 Å². The summed E-state index contributed by atoms with van der Waals surface area (Å²) < 4.78 is 1.83. The zero-order valence-corrected chi connectivity index (χ0v) is 18.6. The van der Waals surface area contributed by atoms with Gasteiger partial charge in [0.05, 0.1) is 6.04 Å². The fourth-order valence-corrected chi connectivity index (χ4v) is 5.13. The second kappa shape index (κ2) is 9.36. The maximum Gasteiger partial charge on any atom is 0.202 e. The van der Waals surface area contributed by atoms with E-state index < -0.39 is 0 Å². The predicted molar refractivity (Wildman–Crippen MR) is 126 cm³/mol. The van der Waals surface area contributed by atoms with Crippen LogP contribution in [0.3, 0.4) is 0 Å². The quantitative estimate of drug-likeness (QED) is 0.588. The van der Waals surface area contributed by atoms with Crippen molar-refractivity contribution in [2.75, 3.05) is 26.2 Å². The van der Waals surface area contributed by atoms with E-state index in [9.17, 15) is 4.79 Å². The monoisotopic (exact) mass is 429 g/mol. The highest BCUT2D eigenvalue weighted by atomic mass is 16.1. The van der Waals surface area contributed by atoms with Crippen LogP contribution in [0, 0.1) is 11.8 Å². The molecule has 2 N–H and O–H groups in total. The number of imidazole rings is 1. The second-order valence-electron chi connectivity index (χ2n) is 9.08. The Morgan fingerprint density at radius 3 is 2.62 bits per heavy atom. The first-order valence-corrected chi connectivity index (χ1v) is 11.6. The molecular weight excluding hydrogens is 398 g/mol. The summed E-state index contributed by atoms with van der Waals surface area (Å²) in [6.45, 7) is 3.79. The minimum atomic E-state index is 0.0378. The third-order valence-electron chi connectivity index (χ3n) is 6.88. The molecule has 3 aromatic rings. The summed E-state index contributed by atoms with van der Waals surface area (Å²) in [5, 5.41) is 0. The SMILES string of the molecule is Cn1ccnc1C(=O)C1CCCN(CC2CNNC2c2ccc(-c3ccccc3)cc2)C1. The van der Waals surface area contributed by atoms with Crippen LogP contribution in [0.15, 0.2) is 67.0 Å². The summed E-state index contributed by atoms with van der Waals surface area (Å²) in [6.07, 6.45) is 5.56. The van der Waals surface area contributed by atoms with E-state index in [1.807, 2.05) is 23.9 Å². The number of aromatic nitrogens is 2. The number of nitrogens with one attached hydrogen (secondary N) is 2. The van der Waals surface area contributed by atoms with Crippen molar-refractivity contribution in [3.8, 4) is 11.1 Å². The van der Waals surface area contributed by atoms with Crippen LogP contribution in [0.4, 0.5) is 0 Å². The fraction of sp³-hybridized carbons (Fsp3) is 0.385. The number of carbonyl (C=O) groups excluding carboxylic acids is 1. The van der Waals surface area contributed by atoms with Gasteiger partial charge in [-0.15, -0.1) is 0 Å². The minimum Gasteiger partial charge on any atom is -0.332 e. The molecule has 2 saturated heterocycles. The van der Waals surface area contributed by atoms with Crippen LogP contribution < -0.4 is 10.9 Å². The Morgan fingerprint density at radius 1 is 1.09 bits per heavy atom. The van der Waals surface area contributed by atoms with Crippen molar-refractivity contribution in [1.82, 2.24) is 25.3 Å². The highest BCUT2D eigenvalue weighted by Crippen LogP contribution is 2.30. The van der Waals surface area contributed by atoms with Crippen LogP contribution >= 0.6 is 0 Å². The Bertz CT molecular complexity index is 1050. The van der Waals surface area contributed by atoms with Gasteiger partial charge in [0, 0.05) is 50.9 Å². The zero-order chi connectivity index (χ0) is 21.9. The Morgan fingerprint density at radius 2 is 1.88 bits per heavy atom. The van der Waals surface area contributed by atoms with Crippen LogP contribution in [0.1, 0.15) is 35.1 Å². The molecule has 3 unspecified atom stereocenters. The van der Waals surface area contributed by atoms with Gasteiger partial charge in [-0.2, -0.15) is 0 Å². The average molecular weight is 430 g/mol. The van der Waals surface area contributed by atoms with Crippen molar-refractivity contribution >= 4 is 5.78 Å². The number of ketones is 1. The lowest BCUT2D eigenvalue weighted by atomic mass is 9.90. The molecule has 0 aliphatic carbocycles. The van der Waals surface area contributed by atoms with Crippen molar-refractivity contribution in [2.24, 2.45) is 18.9 Å². The van der Waals surface area contributed by atoms with Crippen molar-refractivity contribution in [2.45, 2.75) is 18.9 Å². The molecular formula is C26H31N5O. The number of likely N-dealkylation sites (tertiary alicyclic amines) is 1. The Balaban J connectivity index is 1.24. The van der Waals surface area contributed by atoms with Gasteiger partial charge in [-0.25, -0.2) is 10.4 Å². The third-order valence-corrected chi connectivity index (χ3v) is 6.88. The smallest absolute Gasteiger partial charge is 0.202 e. The Hall–Kier alpha value is -2.80. The van der Waals surface area contributed by atoms with E-state index >= 15 is 0 Å². The summed E-state index contributed by atoms with van der Waals surface area (Å²) in [7, 11) is 1.89. The molecule has 2 aliphatic rings. The number of carbonyl (C=O) groups is 1. The van der Waals surface area contributed by atoms with Crippen LogP contribution in [-0.2, 0) is 7.05 Å². The number of rotatable bonds is 6. The fourth-order valence-electron chi connectivity index (χ4n) is 5.13. The molecule has 5 rings (SSSR count). The summed E-state index contributed by atoms with van der Waals surface area (Å²) in [5.74, 6) is 1.26. The second-order valence-corrected chi connectivity index (χ2v) is 9.08. The molecule has 6 nitrogen and oxygen atoms in total. The van der Waals surface area contributed by atoms with Gasteiger partial charge in [-0.05, 0) is 36.1 Å². The van der Waals surface area contributed by atoms with Gasteiger partial charge in [0.1, 0.15) is 0 Å². The van der Waals surface area contributed by atoms with Crippen molar-refractivity contribution in [3.05, 3.63) is 78.4 Å². The molecule has 2 aromatic carbocycles. The lowest BCUT2D eigenvalue weighted by molar-refractivity contribution is 0.0785.